The van der Waals surface area contributed by atoms with Crippen molar-refractivity contribution < 1.29 is 56.6 Å². The molecule has 52 heavy (non-hydrogen) atoms. The van der Waals surface area contributed by atoms with Gasteiger partial charge in [0.1, 0.15) is 11.6 Å². The molecule has 0 saturated heterocycles. The van der Waals surface area contributed by atoms with Crippen molar-refractivity contribution in [1.29, 1.82) is 0 Å². The molecule has 276 valence electrons. The SMILES string of the molecule is CCc1cc2c([cH-]1)C=CC=CC2c1ccc(C(C)(C)C)c(F)c1.CCc1cc2c([cH-]1)C=CC=CC2c1ccc(C(C)(C)C)c(F)c1.C[Si](C)=[Hf+2].[Cl-].[Cl-]. The molecular weight excluding hydrogens is 868 g/mol. The van der Waals surface area contributed by atoms with Gasteiger partial charge in [0.25, 0.3) is 0 Å². The molecule has 0 nitrogen and oxygen atoms in total. The Labute approximate surface area is 340 Å². The van der Waals surface area contributed by atoms with Crippen molar-refractivity contribution in [3.05, 3.63) is 164 Å². The van der Waals surface area contributed by atoms with Crippen molar-refractivity contribution in [1.82, 2.24) is 0 Å². The zero-order valence-electron chi connectivity index (χ0n) is 32.5. The third-order valence-electron chi connectivity index (χ3n) is 9.22. The van der Waals surface area contributed by atoms with E-state index < -0.39 is 0 Å². The predicted octanol–water partition coefficient (Wildman–Crippen LogP) is 7.03. The summed E-state index contributed by atoms with van der Waals surface area (Å²) in [6, 6.07) is 20.5. The summed E-state index contributed by atoms with van der Waals surface area (Å²) in [6.45, 7) is 21.3. The van der Waals surface area contributed by atoms with Gasteiger partial charge in [-0.15, -0.1) is 47.6 Å². The average molecular weight is 922 g/mol. The van der Waals surface area contributed by atoms with Crippen molar-refractivity contribution in [2.75, 3.05) is 0 Å². The van der Waals surface area contributed by atoms with Gasteiger partial charge in [-0.2, -0.15) is 34.4 Å². The van der Waals surface area contributed by atoms with Crippen LogP contribution in [-0.2, 0) is 46.7 Å². The van der Waals surface area contributed by atoms with Crippen molar-refractivity contribution in [2.24, 2.45) is 0 Å². The molecule has 0 aromatic heterocycles. The molecule has 6 rings (SSSR count). The minimum Gasteiger partial charge on any atom is -1.00 e. The summed E-state index contributed by atoms with van der Waals surface area (Å²) in [5.74, 6) is 0.0153. The summed E-state index contributed by atoms with van der Waals surface area (Å²) >= 11 is 1.45. The van der Waals surface area contributed by atoms with Crippen LogP contribution in [0, 0.1) is 11.6 Å². The van der Waals surface area contributed by atoms with E-state index in [9.17, 15) is 8.78 Å². The van der Waals surface area contributed by atoms with E-state index in [2.05, 4.69) is 112 Å². The normalized spacial score (nSPS) is 15.7. The minimum absolute atomic E-state index is 0. The van der Waals surface area contributed by atoms with E-state index in [1.54, 1.807) is 12.1 Å². The van der Waals surface area contributed by atoms with Crippen LogP contribution < -0.4 is 24.8 Å². The zero-order chi connectivity index (χ0) is 36.8. The first-order valence-electron chi connectivity index (χ1n) is 17.9. The number of halogens is 4. The van der Waals surface area contributed by atoms with E-state index in [0.29, 0.717) is 0 Å². The van der Waals surface area contributed by atoms with Gasteiger partial charge < -0.3 is 24.8 Å². The maximum absolute atomic E-state index is 14.6. The third kappa shape index (κ3) is 11.8. The van der Waals surface area contributed by atoms with Crippen LogP contribution in [0.5, 0.6) is 0 Å². The molecule has 0 radical (unpaired) electrons. The summed E-state index contributed by atoms with van der Waals surface area (Å²) in [5, 5.41) is 0. The molecule has 4 aromatic rings. The van der Waals surface area contributed by atoms with E-state index in [1.807, 2.05) is 53.7 Å². The summed E-state index contributed by atoms with van der Waals surface area (Å²) in [7, 11) is 0. The van der Waals surface area contributed by atoms with Gasteiger partial charge >= 0.3 is 41.6 Å². The second-order valence-electron chi connectivity index (χ2n) is 15.7. The predicted molar refractivity (Wildman–Crippen MR) is 211 cm³/mol. The van der Waals surface area contributed by atoms with Gasteiger partial charge in [-0.05, 0) is 69.9 Å². The number of rotatable bonds is 4. The Hall–Kier alpha value is -2.37. The van der Waals surface area contributed by atoms with E-state index in [1.165, 1.54) is 56.4 Å². The van der Waals surface area contributed by atoms with Crippen molar-refractivity contribution in [3.63, 3.8) is 0 Å². The smallest absolute Gasteiger partial charge is 1.00 e. The van der Waals surface area contributed by atoms with E-state index in [-0.39, 0.29) is 64.6 Å². The molecule has 6 heteroatoms. The second-order valence-corrected chi connectivity index (χ2v) is 28.5. The van der Waals surface area contributed by atoms with Crippen LogP contribution in [0.3, 0.4) is 0 Å². The van der Waals surface area contributed by atoms with Gasteiger partial charge in [0.05, 0.1) is 0 Å². The first kappa shape index (κ1) is 45.8. The number of hydrogen-bond donors (Lipinski definition) is 0. The molecule has 0 spiro atoms. The number of aryl methyl sites for hydroxylation is 2. The monoisotopic (exact) mass is 922 g/mol. The molecule has 4 aromatic carbocycles. The molecule has 0 N–H and O–H groups in total. The molecule has 0 bridgehead atoms. The maximum Gasteiger partial charge on any atom is -1.00 e. The summed E-state index contributed by atoms with van der Waals surface area (Å²) < 4.78 is 29.2. The Morgan fingerprint density at radius 1 is 0.615 bits per heavy atom. The molecular formula is C46H54Cl2F2HfSi-2. The fourth-order valence-electron chi connectivity index (χ4n) is 6.57. The molecule has 0 fully saturated rings. The average Bonchev–Trinajstić information content (AvgIpc) is 3.51. The van der Waals surface area contributed by atoms with Crippen molar-refractivity contribution in [3.8, 4) is 0 Å². The van der Waals surface area contributed by atoms with Crippen LogP contribution in [0.25, 0.3) is 12.2 Å². The fraction of sp³-hybridized carbons (Fsp3) is 0.348. The van der Waals surface area contributed by atoms with Crippen molar-refractivity contribution >= 4 is 17.6 Å². The molecule has 0 heterocycles. The van der Waals surface area contributed by atoms with Crippen molar-refractivity contribution in [2.45, 2.75) is 104 Å². The van der Waals surface area contributed by atoms with Crippen LogP contribution in [0.2, 0.25) is 13.1 Å². The fourth-order valence-corrected chi connectivity index (χ4v) is 6.57. The van der Waals surface area contributed by atoms with Gasteiger partial charge in [0.2, 0.25) is 0 Å². The first-order chi connectivity index (χ1) is 23.5. The Kier molecular flexibility index (Phi) is 17.4. The molecule has 2 aliphatic carbocycles. The summed E-state index contributed by atoms with van der Waals surface area (Å²) in [4.78, 5) is 0. The van der Waals surface area contributed by atoms with Gasteiger partial charge in [-0.25, -0.2) is 8.78 Å². The Morgan fingerprint density at radius 2 is 0.962 bits per heavy atom. The van der Waals surface area contributed by atoms with Crippen LogP contribution in [0.4, 0.5) is 8.78 Å². The molecule has 0 aliphatic heterocycles. The van der Waals surface area contributed by atoms with E-state index >= 15 is 0 Å². The number of allylic oxidation sites excluding steroid dienone is 6. The number of benzene rings is 2. The second kappa shape index (κ2) is 19.8. The quantitative estimate of drug-likeness (QED) is 0.153. The van der Waals surface area contributed by atoms with Gasteiger partial charge in [0.15, 0.2) is 0 Å². The number of fused-ring (bicyclic) bond motifs is 2. The van der Waals surface area contributed by atoms with Crippen LogP contribution >= 0.6 is 0 Å². The van der Waals surface area contributed by atoms with Gasteiger partial charge in [0, 0.05) is 0 Å². The molecule has 2 atom stereocenters. The molecule has 0 amide bonds. The standard InChI is InChI=1S/2C22H24F.C2H6Si.2ClH.Hf/c2*1-5-15-12-16-8-6-7-9-18(19(16)13-15)17-10-11-20(21(23)14-17)22(2,3)4;1-3-2;;;/h2*6-14,18H,5H2,1-4H3;1-2H3;2*1H;/q2*-1;;;;+2/p-2. The molecule has 2 unspecified atom stereocenters. The Bertz CT molecular complexity index is 1790. The van der Waals surface area contributed by atoms with E-state index in [4.69, 9.17) is 0 Å². The Balaban J connectivity index is 0.000000316. The maximum atomic E-state index is 14.6. The first-order valence-corrected chi connectivity index (χ1v) is 25.8. The topological polar surface area (TPSA) is 0 Å². The minimum atomic E-state index is -0.176. The summed E-state index contributed by atoms with van der Waals surface area (Å²) in [6.07, 6.45) is 18.9. The van der Waals surface area contributed by atoms with Gasteiger partial charge in [-0.1, -0.05) is 104 Å². The molecule has 0 saturated carbocycles. The third-order valence-corrected chi connectivity index (χ3v) is 9.22. The van der Waals surface area contributed by atoms with Crippen LogP contribution in [0.1, 0.15) is 123 Å². The Morgan fingerprint density at radius 3 is 1.25 bits per heavy atom. The van der Waals surface area contributed by atoms with E-state index in [0.717, 1.165) is 35.1 Å². The largest absolute Gasteiger partial charge is 1.00 e. The van der Waals surface area contributed by atoms with Crippen LogP contribution in [0.15, 0.2) is 97.1 Å². The van der Waals surface area contributed by atoms with Gasteiger partial charge in [-0.3, -0.25) is 0 Å². The summed E-state index contributed by atoms with van der Waals surface area (Å²) in [5.41, 5.74) is 11.2. The number of hydrogen-bond acceptors (Lipinski definition) is 0. The zero-order valence-corrected chi connectivity index (χ0v) is 38.6. The molecule has 2 aliphatic rings. The van der Waals surface area contributed by atoms with Crippen LogP contribution in [-0.4, -0.2) is 5.49 Å².